The lowest BCUT2D eigenvalue weighted by Gasteiger charge is -2.20. The van der Waals surface area contributed by atoms with Crippen LogP contribution in [0.3, 0.4) is 0 Å². The van der Waals surface area contributed by atoms with Gasteiger partial charge in [-0.15, -0.1) is 0 Å². The summed E-state index contributed by atoms with van der Waals surface area (Å²) in [6, 6.07) is 5.82. The van der Waals surface area contributed by atoms with E-state index in [0.717, 1.165) is 11.1 Å². The van der Waals surface area contributed by atoms with Crippen molar-refractivity contribution < 1.29 is 19.4 Å². The molecule has 1 aromatic carbocycles. The van der Waals surface area contributed by atoms with Crippen LogP contribution in [0.25, 0.3) is 0 Å². The summed E-state index contributed by atoms with van der Waals surface area (Å²) in [6.07, 6.45) is 0.547. The van der Waals surface area contributed by atoms with Gasteiger partial charge >= 0.3 is 0 Å². The summed E-state index contributed by atoms with van der Waals surface area (Å²) < 4.78 is 10.6. The summed E-state index contributed by atoms with van der Waals surface area (Å²) in [4.78, 5) is 11.7. The molecule has 1 heterocycles. The van der Waals surface area contributed by atoms with Gasteiger partial charge in [-0.25, -0.2) is 0 Å². The number of hydrogen-bond donors (Lipinski definition) is 2. The van der Waals surface area contributed by atoms with Crippen LogP contribution in [0.2, 0.25) is 0 Å². The van der Waals surface area contributed by atoms with Crippen LogP contribution in [0.15, 0.2) is 18.2 Å². The summed E-state index contributed by atoms with van der Waals surface area (Å²) in [5, 5.41) is 12.7. The van der Waals surface area contributed by atoms with Crippen LogP contribution in [0.1, 0.15) is 17.5 Å². The molecule has 0 aromatic heterocycles. The minimum Gasteiger partial charge on any atom is -0.484 e. The zero-order chi connectivity index (χ0) is 14.6. The lowest BCUT2D eigenvalue weighted by molar-refractivity contribution is -0.124. The Balaban J connectivity index is 1.77. The Bertz CT molecular complexity index is 461. The van der Waals surface area contributed by atoms with Crippen LogP contribution in [0.5, 0.6) is 5.75 Å². The van der Waals surface area contributed by atoms with Gasteiger partial charge in [0, 0.05) is 19.6 Å². The van der Waals surface area contributed by atoms with E-state index in [2.05, 4.69) is 5.32 Å². The molecule has 0 radical (unpaired) electrons. The van der Waals surface area contributed by atoms with Crippen molar-refractivity contribution in [2.45, 2.75) is 25.9 Å². The van der Waals surface area contributed by atoms with E-state index in [4.69, 9.17) is 9.47 Å². The molecule has 1 unspecified atom stereocenters. The van der Waals surface area contributed by atoms with Crippen molar-refractivity contribution >= 4 is 5.91 Å². The van der Waals surface area contributed by atoms with Crippen molar-refractivity contribution in [3.05, 3.63) is 29.3 Å². The molecule has 1 amide bonds. The largest absolute Gasteiger partial charge is 0.484 e. The third-order valence-corrected chi connectivity index (χ3v) is 3.26. The quantitative estimate of drug-likeness (QED) is 0.842. The van der Waals surface area contributed by atoms with E-state index in [-0.39, 0.29) is 25.7 Å². The minimum absolute atomic E-state index is 0.0557. The van der Waals surface area contributed by atoms with Crippen LogP contribution < -0.4 is 10.1 Å². The van der Waals surface area contributed by atoms with Gasteiger partial charge in [0.15, 0.2) is 6.61 Å². The number of aliphatic hydroxyl groups is 1. The zero-order valence-corrected chi connectivity index (χ0v) is 11.9. The van der Waals surface area contributed by atoms with E-state index in [1.165, 1.54) is 0 Å². The Labute approximate surface area is 118 Å². The van der Waals surface area contributed by atoms with Crippen LogP contribution >= 0.6 is 0 Å². The normalized spacial score (nSPS) is 21.8. The van der Waals surface area contributed by atoms with Crippen molar-refractivity contribution in [3.63, 3.8) is 0 Å². The van der Waals surface area contributed by atoms with E-state index in [1.54, 1.807) is 0 Å². The Morgan fingerprint density at radius 3 is 2.70 bits per heavy atom. The lowest BCUT2D eigenvalue weighted by Crippen LogP contribution is -2.44. The molecule has 1 aliphatic heterocycles. The predicted octanol–water partition coefficient (Wildman–Crippen LogP) is 0.950. The lowest BCUT2D eigenvalue weighted by atomic mass is 10.0. The molecule has 0 saturated carbocycles. The predicted molar refractivity (Wildman–Crippen MR) is 74.8 cm³/mol. The molecular formula is C15H21NO4. The van der Waals surface area contributed by atoms with E-state index >= 15 is 0 Å². The van der Waals surface area contributed by atoms with E-state index in [0.29, 0.717) is 18.8 Å². The van der Waals surface area contributed by atoms with E-state index in [1.807, 2.05) is 32.0 Å². The van der Waals surface area contributed by atoms with Gasteiger partial charge in [0.1, 0.15) is 11.4 Å². The van der Waals surface area contributed by atoms with Gasteiger partial charge in [0.25, 0.3) is 5.91 Å². The van der Waals surface area contributed by atoms with Gasteiger partial charge in [-0.3, -0.25) is 4.79 Å². The number of hydrogen-bond acceptors (Lipinski definition) is 4. The average Bonchev–Trinajstić information content (AvgIpc) is 2.80. The molecule has 2 N–H and O–H groups in total. The van der Waals surface area contributed by atoms with Gasteiger partial charge in [-0.05, 0) is 37.1 Å². The van der Waals surface area contributed by atoms with E-state index in [9.17, 15) is 9.90 Å². The fourth-order valence-corrected chi connectivity index (χ4v) is 2.22. The van der Waals surface area contributed by atoms with Crippen molar-refractivity contribution in [3.8, 4) is 5.75 Å². The molecule has 0 spiro atoms. The standard InChI is InChI=1S/C15H21NO4/c1-11-5-12(2)7-13(6-11)20-8-14(17)16-9-15(18)3-4-19-10-15/h5-7,18H,3-4,8-10H2,1-2H3,(H,16,17). The highest BCUT2D eigenvalue weighted by atomic mass is 16.5. The molecule has 1 saturated heterocycles. The molecule has 0 aliphatic carbocycles. The van der Waals surface area contributed by atoms with Gasteiger partial charge in [0.05, 0.1) is 6.61 Å². The first-order chi connectivity index (χ1) is 9.47. The first kappa shape index (κ1) is 14.8. The number of aryl methyl sites for hydroxylation is 2. The molecule has 5 heteroatoms. The summed E-state index contributed by atoms with van der Waals surface area (Å²) in [6.45, 7) is 4.91. The maximum Gasteiger partial charge on any atom is 0.258 e. The highest BCUT2D eigenvalue weighted by molar-refractivity contribution is 5.77. The first-order valence-corrected chi connectivity index (χ1v) is 6.75. The molecule has 110 valence electrons. The highest BCUT2D eigenvalue weighted by Crippen LogP contribution is 2.17. The average molecular weight is 279 g/mol. The number of amides is 1. The number of carbonyl (C=O) groups excluding carboxylic acids is 1. The number of ether oxygens (including phenoxy) is 2. The third-order valence-electron chi connectivity index (χ3n) is 3.26. The van der Waals surface area contributed by atoms with Gasteiger partial charge in [0.2, 0.25) is 0 Å². The fraction of sp³-hybridized carbons (Fsp3) is 0.533. The second kappa shape index (κ2) is 6.24. The molecule has 1 aliphatic rings. The Kier molecular flexibility index (Phi) is 4.62. The molecular weight excluding hydrogens is 258 g/mol. The zero-order valence-electron chi connectivity index (χ0n) is 11.9. The maximum absolute atomic E-state index is 11.7. The van der Waals surface area contributed by atoms with Crippen LogP contribution in [-0.2, 0) is 9.53 Å². The second-order valence-corrected chi connectivity index (χ2v) is 5.42. The molecule has 0 bridgehead atoms. The number of benzene rings is 1. The smallest absolute Gasteiger partial charge is 0.258 e. The van der Waals surface area contributed by atoms with E-state index < -0.39 is 5.60 Å². The van der Waals surface area contributed by atoms with Gasteiger partial charge in [-0.1, -0.05) is 6.07 Å². The van der Waals surface area contributed by atoms with Gasteiger partial charge < -0.3 is 19.9 Å². The molecule has 1 fully saturated rings. The van der Waals surface area contributed by atoms with Crippen molar-refractivity contribution in [1.82, 2.24) is 5.32 Å². The number of nitrogens with one attached hydrogen (secondary N) is 1. The molecule has 20 heavy (non-hydrogen) atoms. The second-order valence-electron chi connectivity index (χ2n) is 5.42. The fourth-order valence-electron chi connectivity index (χ4n) is 2.22. The Morgan fingerprint density at radius 2 is 2.10 bits per heavy atom. The van der Waals surface area contributed by atoms with Crippen LogP contribution in [0.4, 0.5) is 0 Å². The van der Waals surface area contributed by atoms with Crippen molar-refractivity contribution in [2.24, 2.45) is 0 Å². The molecule has 2 rings (SSSR count). The Morgan fingerprint density at radius 1 is 1.40 bits per heavy atom. The number of carbonyl (C=O) groups is 1. The van der Waals surface area contributed by atoms with Crippen molar-refractivity contribution in [1.29, 1.82) is 0 Å². The number of rotatable bonds is 5. The SMILES string of the molecule is Cc1cc(C)cc(OCC(=O)NCC2(O)CCOC2)c1. The Hall–Kier alpha value is -1.59. The molecule has 1 atom stereocenters. The minimum atomic E-state index is -0.935. The monoisotopic (exact) mass is 279 g/mol. The van der Waals surface area contributed by atoms with Crippen molar-refractivity contribution in [2.75, 3.05) is 26.4 Å². The third kappa shape index (κ3) is 4.21. The summed E-state index contributed by atoms with van der Waals surface area (Å²) in [5.41, 5.74) is 1.26. The summed E-state index contributed by atoms with van der Waals surface area (Å²) in [5.74, 6) is 0.435. The van der Waals surface area contributed by atoms with Crippen LogP contribution in [-0.4, -0.2) is 43.0 Å². The first-order valence-electron chi connectivity index (χ1n) is 6.75. The molecule has 5 nitrogen and oxygen atoms in total. The van der Waals surface area contributed by atoms with Crippen LogP contribution in [0, 0.1) is 13.8 Å². The summed E-state index contributed by atoms with van der Waals surface area (Å²) >= 11 is 0. The highest BCUT2D eigenvalue weighted by Gasteiger charge is 2.32. The maximum atomic E-state index is 11.7. The molecule has 1 aromatic rings. The summed E-state index contributed by atoms with van der Waals surface area (Å²) in [7, 11) is 0. The van der Waals surface area contributed by atoms with Gasteiger partial charge in [-0.2, -0.15) is 0 Å². The topological polar surface area (TPSA) is 67.8 Å².